The van der Waals surface area contributed by atoms with Crippen LogP contribution in [0.4, 0.5) is 0 Å². The average Bonchev–Trinajstić information content (AvgIpc) is 2.71. The molecule has 0 aliphatic rings. The number of amides is 3. The zero-order chi connectivity index (χ0) is 26.0. The molecule has 0 aliphatic carbocycles. The molecule has 0 heterocycles. The Balaban J connectivity index is 3.03. The van der Waals surface area contributed by atoms with E-state index in [1.54, 1.807) is 19.1 Å². The number of rotatable bonds is 13. The molecule has 0 aromatic heterocycles. The molecule has 0 saturated heterocycles. The highest BCUT2D eigenvalue weighted by Crippen LogP contribution is 2.14. The number of hydrogen-bond acceptors (Lipinski definition) is 5. The summed E-state index contributed by atoms with van der Waals surface area (Å²) in [6.07, 6.45) is 0.370. The van der Waals surface area contributed by atoms with Gasteiger partial charge in [0.1, 0.15) is 17.8 Å². The normalized spacial score (nSPS) is 15.0. The van der Waals surface area contributed by atoms with Crippen LogP contribution in [0.1, 0.15) is 66.9 Å². The maximum atomic E-state index is 13.2. The van der Waals surface area contributed by atoms with E-state index >= 15 is 0 Å². The lowest BCUT2D eigenvalue weighted by molar-refractivity contribution is -0.133. The van der Waals surface area contributed by atoms with E-state index in [-0.39, 0.29) is 48.2 Å². The zero-order valence-electron chi connectivity index (χ0n) is 21.6. The summed E-state index contributed by atoms with van der Waals surface area (Å²) in [5.74, 6) is -0.769. The molecule has 5 N–H and O–H groups in total. The predicted molar refractivity (Wildman–Crippen MR) is 133 cm³/mol. The lowest BCUT2D eigenvalue weighted by atomic mass is 9.97. The standard InChI is InChI=1S/C26H43N3O5/c1-15(2)12-21(18(7)30)28-26(34)24(17(5)6)29-25(33)22(27-23(32)13-16(3)4)14-19-8-10-20(31)11-9-19/h8-11,15-18,21-22,24,30-31H,12-14H2,1-7H3,(H,27,32)(H,28,34)(H,29,33)/t18-,21-,22-,24-/m0/s1. The van der Waals surface area contributed by atoms with Crippen LogP contribution in [0.25, 0.3) is 0 Å². The summed E-state index contributed by atoms with van der Waals surface area (Å²) in [6, 6.07) is 4.29. The number of aliphatic hydroxyl groups is 1. The van der Waals surface area contributed by atoms with Crippen molar-refractivity contribution in [1.29, 1.82) is 0 Å². The van der Waals surface area contributed by atoms with Crippen LogP contribution < -0.4 is 16.0 Å². The van der Waals surface area contributed by atoms with Gasteiger partial charge in [0.15, 0.2) is 0 Å². The molecule has 3 amide bonds. The SMILES string of the molecule is CC(C)CC(=O)N[C@@H](Cc1ccc(O)cc1)C(=O)N[C@H](C(=O)N[C@@H](CC(C)C)[C@H](C)O)C(C)C. The molecule has 0 spiro atoms. The quantitative estimate of drug-likeness (QED) is 0.298. The smallest absolute Gasteiger partial charge is 0.243 e. The maximum absolute atomic E-state index is 13.2. The molecule has 0 unspecified atom stereocenters. The summed E-state index contributed by atoms with van der Waals surface area (Å²) < 4.78 is 0. The van der Waals surface area contributed by atoms with E-state index in [2.05, 4.69) is 16.0 Å². The van der Waals surface area contributed by atoms with Gasteiger partial charge in [-0.1, -0.05) is 53.7 Å². The number of nitrogens with one attached hydrogen (secondary N) is 3. The number of carbonyl (C=O) groups excluding carboxylic acids is 3. The Kier molecular flexibility index (Phi) is 12.1. The van der Waals surface area contributed by atoms with Crippen molar-refractivity contribution in [3.8, 4) is 5.75 Å². The molecule has 192 valence electrons. The van der Waals surface area contributed by atoms with E-state index in [4.69, 9.17) is 0 Å². The highest BCUT2D eigenvalue weighted by Gasteiger charge is 2.31. The van der Waals surface area contributed by atoms with E-state index in [0.717, 1.165) is 5.56 Å². The fraction of sp³-hybridized carbons (Fsp3) is 0.654. The van der Waals surface area contributed by atoms with E-state index in [1.807, 2.05) is 41.5 Å². The lowest BCUT2D eigenvalue weighted by Crippen LogP contribution is -2.58. The van der Waals surface area contributed by atoms with Gasteiger partial charge in [0, 0.05) is 12.8 Å². The van der Waals surface area contributed by atoms with Gasteiger partial charge >= 0.3 is 0 Å². The number of phenolic OH excluding ortho intramolecular Hbond substituents is 1. The molecule has 1 aromatic carbocycles. The summed E-state index contributed by atoms with van der Waals surface area (Å²) in [7, 11) is 0. The van der Waals surface area contributed by atoms with Gasteiger partial charge in [-0.3, -0.25) is 14.4 Å². The topological polar surface area (TPSA) is 128 Å². The molecular formula is C26H43N3O5. The number of aromatic hydroxyl groups is 1. The fourth-order valence-corrected chi connectivity index (χ4v) is 3.65. The number of carbonyl (C=O) groups is 3. The minimum absolute atomic E-state index is 0.110. The van der Waals surface area contributed by atoms with E-state index in [0.29, 0.717) is 6.42 Å². The van der Waals surface area contributed by atoms with Crippen molar-refractivity contribution in [2.45, 2.75) is 92.0 Å². The first-order valence-corrected chi connectivity index (χ1v) is 12.2. The molecule has 0 aliphatic heterocycles. The van der Waals surface area contributed by atoms with Gasteiger partial charge in [-0.2, -0.15) is 0 Å². The van der Waals surface area contributed by atoms with Gasteiger partial charge in [-0.15, -0.1) is 0 Å². The molecule has 0 radical (unpaired) electrons. The number of phenols is 1. The maximum Gasteiger partial charge on any atom is 0.243 e. The van der Waals surface area contributed by atoms with Crippen LogP contribution >= 0.6 is 0 Å². The summed E-state index contributed by atoms with van der Waals surface area (Å²) >= 11 is 0. The second-order valence-corrected chi connectivity index (χ2v) is 10.3. The first-order valence-electron chi connectivity index (χ1n) is 12.2. The van der Waals surface area contributed by atoms with E-state index in [1.165, 1.54) is 12.1 Å². The third kappa shape index (κ3) is 10.5. The first-order chi connectivity index (χ1) is 15.8. The second kappa shape index (κ2) is 13.9. The van der Waals surface area contributed by atoms with Gasteiger partial charge < -0.3 is 26.2 Å². The molecule has 8 nitrogen and oxygen atoms in total. The molecule has 4 atom stereocenters. The van der Waals surface area contributed by atoms with Crippen molar-refractivity contribution in [2.24, 2.45) is 17.8 Å². The monoisotopic (exact) mass is 477 g/mol. The lowest BCUT2D eigenvalue weighted by Gasteiger charge is -2.29. The average molecular weight is 478 g/mol. The molecule has 1 aromatic rings. The Morgan fingerprint density at radius 1 is 0.824 bits per heavy atom. The van der Waals surface area contributed by atoms with Gasteiger partial charge in [-0.05, 0) is 48.8 Å². The number of hydrogen-bond donors (Lipinski definition) is 5. The first kappa shape index (κ1) is 29.4. The van der Waals surface area contributed by atoms with Crippen molar-refractivity contribution in [3.05, 3.63) is 29.8 Å². The van der Waals surface area contributed by atoms with E-state index < -0.39 is 30.1 Å². The summed E-state index contributed by atoms with van der Waals surface area (Å²) in [6.45, 7) is 13.2. The van der Waals surface area contributed by atoms with Crippen LogP contribution in [-0.4, -0.2) is 52.2 Å². The minimum atomic E-state index is -0.881. The Labute approximate surface area is 203 Å². The largest absolute Gasteiger partial charge is 0.508 e. The molecule has 0 saturated carbocycles. The van der Waals surface area contributed by atoms with Crippen molar-refractivity contribution in [3.63, 3.8) is 0 Å². The van der Waals surface area contributed by atoms with Gasteiger partial charge in [0.05, 0.1) is 12.1 Å². The highest BCUT2D eigenvalue weighted by atomic mass is 16.3. The zero-order valence-corrected chi connectivity index (χ0v) is 21.6. The van der Waals surface area contributed by atoms with Crippen molar-refractivity contribution in [2.75, 3.05) is 0 Å². The van der Waals surface area contributed by atoms with Crippen LogP contribution in [0.3, 0.4) is 0 Å². The second-order valence-electron chi connectivity index (χ2n) is 10.3. The van der Waals surface area contributed by atoms with Crippen LogP contribution in [0.5, 0.6) is 5.75 Å². The van der Waals surface area contributed by atoms with E-state index in [9.17, 15) is 24.6 Å². The summed E-state index contributed by atoms with van der Waals surface area (Å²) in [4.78, 5) is 38.7. The number of aliphatic hydroxyl groups excluding tert-OH is 1. The van der Waals surface area contributed by atoms with Crippen LogP contribution in [0, 0.1) is 17.8 Å². The van der Waals surface area contributed by atoms with Crippen LogP contribution in [0.15, 0.2) is 24.3 Å². The van der Waals surface area contributed by atoms with Gasteiger partial charge in [0.2, 0.25) is 17.7 Å². The fourth-order valence-electron chi connectivity index (χ4n) is 3.65. The van der Waals surface area contributed by atoms with Crippen molar-refractivity contribution < 1.29 is 24.6 Å². The Morgan fingerprint density at radius 2 is 1.41 bits per heavy atom. The molecule has 34 heavy (non-hydrogen) atoms. The Bertz CT molecular complexity index is 790. The molecule has 8 heteroatoms. The molecule has 0 bridgehead atoms. The van der Waals surface area contributed by atoms with Crippen LogP contribution in [-0.2, 0) is 20.8 Å². The van der Waals surface area contributed by atoms with Crippen molar-refractivity contribution in [1.82, 2.24) is 16.0 Å². The third-order valence-corrected chi connectivity index (χ3v) is 5.50. The van der Waals surface area contributed by atoms with Gasteiger partial charge in [0.25, 0.3) is 0 Å². The molecular weight excluding hydrogens is 434 g/mol. The minimum Gasteiger partial charge on any atom is -0.508 e. The summed E-state index contributed by atoms with van der Waals surface area (Å²) in [5.41, 5.74) is 0.763. The predicted octanol–water partition coefficient (Wildman–Crippen LogP) is 2.52. The highest BCUT2D eigenvalue weighted by molar-refractivity contribution is 5.92. The molecule has 1 rings (SSSR count). The Hall–Kier alpha value is -2.61. The molecule has 0 fully saturated rings. The Morgan fingerprint density at radius 3 is 1.88 bits per heavy atom. The third-order valence-electron chi connectivity index (χ3n) is 5.50. The van der Waals surface area contributed by atoms with Gasteiger partial charge in [-0.25, -0.2) is 0 Å². The van der Waals surface area contributed by atoms with Crippen molar-refractivity contribution >= 4 is 17.7 Å². The van der Waals surface area contributed by atoms with Crippen LogP contribution in [0.2, 0.25) is 0 Å². The number of benzene rings is 1. The summed E-state index contributed by atoms with van der Waals surface area (Å²) in [5, 5.41) is 28.1.